The minimum Gasteiger partial charge on any atom is -0.453 e. The molecule has 50 heavy (non-hydrogen) atoms. The molecule has 274 valence electrons. The summed E-state index contributed by atoms with van der Waals surface area (Å²) < 4.78 is 43.4. The van der Waals surface area contributed by atoms with E-state index in [-0.39, 0.29) is 30.0 Å². The number of methoxy groups -OCH3 is 1. The summed E-state index contributed by atoms with van der Waals surface area (Å²) in [6.45, 7) is 7.70. The van der Waals surface area contributed by atoms with Crippen molar-refractivity contribution in [3.63, 3.8) is 0 Å². The highest BCUT2D eigenvalue weighted by molar-refractivity contribution is 5.91. The molecule has 12 heteroatoms. The molecule has 3 saturated heterocycles. The number of rotatable bonds is 5. The van der Waals surface area contributed by atoms with Gasteiger partial charge in [-0.3, -0.25) is 4.79 Å². The van der Waals surface area contributed by atoms with Gasteiger partial charge in [-0.15, -0.1) is 0 Å². The molecule has 1 N–H and O–H groups in total. The number of urea groups is 1. The Morgan fingerprint density at radius 3 is 2.12 bits per heavy atom. The highest BCUT2D eigenvalue weighted by atomic mass is 19.4. The molecular formula is C38H52F3N5O4. The van der Waals surface area contributed by atoms with Gasteiger partial charge < -0.3 is 29.7 Å². The number of halogens is 3. The SMILES string of the molecule is COC(=O)N1CCC(N2CCc3ccccc3NC2=O)CC1.C[C@H](Cc1cccc(C(F)(F)F)c1)C(=O)N1CCC(C2CCN(C)CC2)CC1. The van der Waals surface area contributed by atoms with Gasteiger partial charge in [0.05, 0.1) is 12.7 Å². The van der Waals surface area contributed by atoms with Crippen molar-refractivity contribution in [2.45, 2.75) is 70.5 Å². The summed E-state index contributed by atoms with van der Waals surface area (Å²) in [5.74, 6) is 1.25. The summed E-state index contributed by atoms with van der Waals surface area (Å²) in [6.07, 6.45) is 2.75. The number of benzene rings is 2. The van der Waals surface area contributed by atoms with Crippen molar-refractivity contribution in [3.05, 3.63) is 65.2 Å². The number of piperidine rings is 3. The van der Waals surface area contributed by atoms with Crippen molar-refractivity contribution >= 4 is 23.7 Å². The maximum absolute atomic E-state index is 12.9. The number of hydrogen-bond acceptors (Lipinski definition) is 5. The fraction of sp³-hybridized carbons (Fsp3) is 0.605. The highest BCUT2D eigenvalue weighted by Crippen LogP contribution is 2.33. The second-order valence-corrected chi connectivity index (χ2v) is 14.3. The number of hydrogen-bond donors (Lipinski definition) is 1. The third-order valence-corrected chi connectivity index (χ3v) is 11.0. The zero-order valence-corrected chi connectivity index (χ0v) is 29.6. The van der Waals surface area contributed by atoms with Crippen LogP contribution in [0.2, 0.25) is 0 Å². The lowest BCUT2D eigenvalue weighted by atomic mass is 9.78. The number of fused-ring (bicyclic) bond motifs is 1. The van der Waals surface area contributed by atoms with Gasteiger partial charge >= 0.3 is 18.3 Å². The van der Waals surface area contributed by atoms with Crippen LogP contribution in [-0.2, 0) is 28.5 Å². The number of anilines is 1. The summed E-state index contributed by atoms with van der Waals surface area (Å²) in [6, 6.07) is 13.4. The van der Waals surface area contributed by atoms with Crippen molar-refractivity contribution in [1.29, 1.82) is 0 Å². The van der Waals surface area contributed by atoms with Gasteiger partial charge in [-0.25, -0.2) is 9.59 Å². The fourth-order valence-corrected chi connectivity index (χ4v) is 7.95. The molecule has 1 atom stereocenters. The van der Waals surface area contributed by atoms with Crippen LogP contribution in [0.15, 0.2) is 48.5 Å². The largest absolute Gasteiger partial charge is 0.453 e. The van der Waals surface area contributed by atoms with E-state index < -0.39 is 11.7 Å². The normalized spacial score (nSPS) is 20.6. The van der Waals surface area contributed by atoms with Gasteiger partial charge in [0.2, 0.25) is 5.91 Å². The Labute approximate surface area is 294 Å². The molecule has 0 saturated carbocycles. The third-order valence-electron chi connectivity index (χ3n) is 11.0. The lowest BCUT2D eigenvalue weighted by molar-refractivity contribution is -0.137. The first-order valence-corrected chi connectivity index (χ1v) is 18.0. The molecule has 0 unspecified atom stereocenters. The molecule has 2 aromatic rings. The highest BCUT2D eigenvalue weighted by Gasteiger charge is 2.34. The Morgan fingerprint density at radius 2 is 1.48 bits per heavy atom. The second kappa shape index (κ2) is 16.9. The van der Waals surface area contributed by atoms with Crippen LogP contribution >= 0.6 is 0 Å². The minimum absolute atomic E-state index is 0.0403. The quantitative estimate of drug-likeness (QED) is 0.373. The van der Waals surface area contributed by atoms with E-state index in [4.69, 9.17) is 4.74 Å². The maximum Gasteiger partial charge on any atom is 0.416 e. The molecule has 0 aromatic heterocycles. The average molecular weight is 700 g/mol. The number of ether oxygens (including phenoxy) is 1. The molecule has 2 aromatic carbocycles. The van der Waals surface area contributed by atoms with Crippen LogP contribution < -0.4 is 5.32 Å². The van der Waals surface area contributed by atoms with E-state index in [1.807, 2.05) is 34.9 Å². The van der Waals surface area contributed by atoms with Crippen LogP contribution in [-0.4, -0.2) is 104 Å². The fourth-order valence-electron chi connectivity index (χ4n) is 7.95. The zero-order valence-electron chi connectivity index (χ0n) is 29.6. The van der Waals surface area contributed by atoms with Crippen LogP contribution in [0.4, 0.5) is 28.4 Å². The van der Waals surface area contributed by atoms with E-state index in [9.17, 15) is 27.6 Å². The molecule has 0 spiro atoms. The first-order valence-electron chi connectivity index (χ1n) is 18.0. The summed E-state index contributed by atoms with van der Waals surface area (Å²) in [5.41, 5.74) is 1.99. The molecular weight excluding hydrogens is 647 g/mol. The van der Waals surface area contributed by atoms with Crippen LogP contribution in [0, 0.1) is 17.8 Å². The Kier molecular flexibility index (Phi) is 12.7. The number of carbonyl (C=O) groups is 3. The standard InChI is InChI=1S/C22H31F3N2O.C16H21N3O3/c1-16(14-17-4-3-5-20(15-17)22(23,24)25)21(28)27-12-8-19(9-13-27)18-6-10-26(2)11-7-18;1-22-16(21)18-9-7-13(8-10-18)19-11-6-12-4-2-3-5-14(12)17-15(19)20/h3-5,15-16,18-19H,6-14H2,1-2H3;2-5,13H,6-11H2,1H3,(H,17,20)/t16-;/m1./s1. The second-order valence-electron chi connectivity index (χ2n) is 14.3. The van der Waals surface area contributed by atoms with Crippen LogP contribution in [0.25, 0.3) is 0 Å². The number of likely N-dealkylation sites (tertiary alicyclic amines) is 3. The summed E-state index contributed by atoms with van der Waals surface area (Å²) in [5, 5.41) is 3.00. The average Bonchev–Trinajstić information content (AvgIpc) is 3.29. The van der Waals surface area contributed by atoms with Crippen LogP contribution in [0.1, 0.15) is 62.1 Å². The van der Waals surface area contributed by atoms with E-state index in [0.717, 1.165) is 82.0 Å². The molecule has 9 nitrogen and oxygen atoms in total. The number of amides is 4. The lowest BCUT2D eigenvalue weighted by Gasteiger charge is -2.40. The lowest BCUT2D eigenvalue weighted by Crippen LogP contribution is -2.50. The molecule has 4 heterocycles. The van der Waals surface area contributed by atoms with Crippen molar-refractivity contribution in [1.82, 2.24) is 19.6 Å². The number of nitrogens with one attached hydrogen (secondary N) is 1. The van der Waals surface area contributed by atoms with Gasteiger partial charge in [0, 0.05) is 50.4 Å². The van der Waals surface area contributed by atoms with Gasteiger partial charge in [-0.05, 0) is 107 Å². The minimum atomic E-state index is -4.35. The maximum atomic E-state index is 12.9. The zero-order chi connectivity index (χ0) is 35.8. The Morgan fingerprint density at radius 1 is 0.860 bits per heavy atom. The van der Waals surface area contributed by atoms with Gasteiger partial charge in [0.15, 0.2) is 0 Å². The number of carbonyl (C=O) groups excluding carboxylic acids is 3. The summed E-state index contributed by atoms with van der Waals surface area (Å²) >= 11 is 0. The van der Waals surface area contributed by atoms with Gasteiger partial charge in [0.25, 0.3) is 0 Å². The Hall–Kier alpha value is -3.80. The van der Waals surface area contributed by atoms with Gasteiger partial charge in [0.1, 0.15) is 0 Å². The molecule has 0 bridgehead atoms. The summed E-state index contributed by atoms with van der Waals surface area (Å²) in [7, 11) is 3.57. The van der Waals surface area contributed by atoms with Gasteiger partial charge in [-0.1, -0.05) is 43.3 Å². The molecule has 4 aliphatic rings. The predicted molar refractivity (Wildman–Crippen MR) is 187 cm³/mol. The number of alkyl halides is 3. The van der Waals surface area contributed by atoms with Crippen molar-refractivity contribution in [2.24, 2.45) is 17.8 Å². The van der Waals surface area contributed by atoms with E-state index >= 15 is 0 Å². The molecule has 4 aliphatic heterocycles. The first kappa shape index (κ1) is 37.5. The third kappa shape index (κ3) is 9.70. The molecule has 6 rings (SSSR count). The van der Waals surface area contributed by atoms with E-state index in [1.165, 1.54) is 31.6 Å². The van der Waals surface area contributed by atoms with E-state index in [1.54, 1.807) is 11.0 Å². The number of nitrogens with zero attached hydrogens (tertiary/aromatic N) is 4. The Bertz CT molecular complexity index is 1450. The molecule has 0 radical (unpaired) electrons. The molecule has 3 fully saturated rings. The predicted octanol–water partition coefficient (Wildman–Crippen LogP) is 6.77. The topological polar surface area (TPSA) is 85.4 Å². The van der Waals surface area contributed by atoms with Crippen LogP contribution in [0.5, 0.6) is 0 Å². The van der Waals surface area contributed by atoms with Gasteiger partial charge in [-0.2, -0.15) is 13.2 Å². The van der Waals surface area contributed by atoms with Crippen LogP contribution in [0.3, 0.4) is 0 Å². The molecule has 0 aliphatic carbocycles. The van der Waals surface area contributed by atoms with E-state index in [2.05, 4.69) is 23.3 Å². The monoisotopic (exact) mass is 699 g/mol. The van der Waals surface area contributed by atoms with E-state index in [0.29, 0.717) is 37.5 Å². The van der Waals surface area contributed by atoms with Crippen molar-refractivity contribution in [2.75, 3.05) is 65.3 Å². The smallest absolute Gasteiger partial charge is 0.416 e. The first-order chi connectivity index (χ1) is 23.9. The van der Waals surface area contributed by atoms with Crippen molar-refractivity contribution in [3.8, 4) is 0 Å². The van der Waals surface area contributed by atoms with Crippen molar-refractivity contribution < 1.29 is 32.3 Å². The number of para-hydroxylation sites is 1. The summed E-state index contributed by atoms with van der Waals surface area (Å²) in [4.78, 5) is 44.7. The Balaban J connectivity index is 0.000000200. The molecule has 4 amide bonds.